The highest BCUT2D eigenvalue weighted by atomic mass is 35.5. The average molecular weight is 215 g/mol. The van der Waals surface area contributed by atoms with Gasteiger partial charge in [-0.15, -0.1) is 12.4 Å². The minimum Gasteiger partial charge on any atom is -0.504 e. The molecule has 0 bridgehead atoms. The second kappa shape index (κ2) is 5.32. The van der Waals surface area contributed by atoms with E-state index in [1.165, 1.54) is 6.07 Å². The molecule has 0 radical (unpaired) electrons. The minimum absolute atomic E-state index is 0. The van der Waals surface area contributed by atoms with Gasteiger partial charge in [0.2, 0.25) is 0 Å². The molecule has 14 heavy (non-hydrogen) atoms. The number of benzene rings is 1. The van der Waals surface area contributed by atoms with Gasteiger partial charge in [-0.3, -0.25) is 0 Å². The van der Waals surface area contributed by atoms with Gasteiger partial charge in [0.25, 0.3) is 0 Å². The van der Waals surface area contributed by atoms with E-state index in [0.717, 1.165) is 0 Å². The van der Waals surface area contributed by atoms with Crippen molar-refractivity contribution >= 4 is 12.4 Å². The summed E-state index contributed by atoms with van der Waals surface area (Å²) in [6.45, 7) is 0. The molecule has 4 nitrogen and oxygen atoms in total. The van der Waals surface area contributed by atoms with Crippen LogP contribution >= 0.6 is 12.4 Å². The van der Waals surface area contributed by atoms with Crippen molar-refractivity contribution in [3.05, 3.63) is 23.8 Å². The van der Waals surface area contributed by atoms with Crippen molar-refractivity contribution in [1.82, 2.24) is 0 Å². The number of nitrogens with zero attached hydrogens (tertiary/aromatic N) is 1. The average Bonchev–Trinajstić information content (AvgIpc) is 2.10. The molecule has 1 aromatic rings. The molecule has 0 unspecified atom stereocenters. The van der Waals surface area contributed by atoms with Crippen molar-refractivity contribution in [2.45, 2.75) is 12.5 Å². The third-order valence-corrected chi connectivity index (χ3v) is 1.76. The van der Waals surface area contributed by atoms with Crippen LogP contribution in [0.1, 0.15) is 18.0 Å². The Labute approximate surface area is 88.0 Å². The summed E-state index contributed by atoms with van der Waals surface area (Å²) < 4.78 is 0. The lowest BCUT2D eigenvalue weighted by Crippen LogP contribution is -2.09. The summed E-state index contributed by atoms with van der Waals surface area (Å²) in [5, 5.41) is 26.9. The Hall–Kier alpha value is -1.44. The van der Waals surface area contributed by atoms with Crippen LogP contribution < -0.4 is 5.73 Å². The van der Waals surface area contributed by atoms with E-state index in [1.807, 2.05) is 6.07 Å². The Morgan fingerprint density at radius 2 is 2.07 bits per heavy atom. The number of rotatable bonds is 2. The highest BCUT2D eigenvalue weighted by molar-refractivity contribution is 5.85. The summed E-state index contributed by atoms with van der Waals surface area (Å²) in [4.78, 5) is 0. The molecule has 76 valence electrons. The number of hydrogen-bond donors (Lipinski definition) is 3. The second-order valence-corrected chi connectivity index (χ2v) is 2.68. The van der Waals surface area contributed by atoms with Gasteiger partial charge in [0.1, 0.15) is 0 Å². The van der Waals surface area contributed by atoms with E-state index < -0.39 is 6.04 Å². The SMILES string of the molecule is Cl.N#CC[C@@H](N)c1cccc(O)c1O. The Morgan fingerprint density at radius 1 is 1.43 bits per heavy atom. The minimum atomic E-state index is -0.558. The van der Waals surface area contributed by atoms with Crippen LogP contribution in [0, 0.1) is 11.3 Å². The molecule has 0 fully saturated rings. The number of para-hydroxylation sites is 1. The van der Waals surface area contributed by atoms with E-state index in [-0.39, 0.29) is 30.3 Å². The van der Waals surface area contributed by atoms with Crippen molar-refractivity contribution in [1.29, 1.82) is 5.26 Å². The van der Waals surface area contributed by atoms with Crippen LogP contribution in [0.5, 0.6) is 11.5 Å². The maximum atomic E-state index is 9.36. The summed E-state index contributed by atoms with van der Waals surface area (Å²) in [6.07, 6.45) is 0.108. The predicted molar refractivity (Wildman–Crippen MR) is 54.2 cm³/mol. The van der Waals surface area contributed by atoms with Gasteiger partial charge in [-0.1, -0.05) is 12.1 Å². The van der Waals surface area contributed by atoms with Gasteiger partial charge in [0.05, 0.1) is 12.5 Å². The first-order chi connectivity index (χ1) is 6.16. The molecule has 0 spiro atoms. The molecule has 4 N–H and O–H groups in total. The van der Waals surface area contributed by atoms with Crippen LogP contribution in [0.3, 0.4) is 0 Å². The highest BCUT2D eigenvalue weighted by Gasteiger charge is 2.12. The molecule has 0 aromatic heterocycles. The smallest absolute Gasteiger partial charge is 0.162 e. The van der Waals surface area contributed by atoms with E-state index in [2.05, 4.69) is 0 Å². The standard InChI is InChI=1S/C9H10N2O2.ClH/c10-5-4-7(11)6-2-1-3-8(12)9(6)13;/h1-3,7,12-13H,4,11H2;1H/t7-;/m1./s1. The summed E-state index contributed by atoms with van der Waals surface area (Å²) >= 11 is 0. The molecule has 0 amide bonds. The van der Waals surface area contributed by atoms with E-state index >= 15 is 0 Å². The van der Waals surface area contributed by atoms with Gasteiger partial charge in [-0.2, -0.15) is 5.26 Å². The Kier molecular flexibility index (Phi) is 4.78. The quantitative estimate of drug-likeness (QED) is 0.650. The van der Waals surface area contributed by atoms with Crippen LogP contribution in [-0.2, 0) is 0 Å². The van der Waals surface area contributed by atoms with Crippen molar-refractivity contribution < 1.29 is 10.2 Å². The highest BCUT2D eigenvalue weighted by Crippen LogP contribution is 2.32. The molecule has 0 saturated carbocycles. The number of phenols is 2. The summed E-state index contributed by atoms with van der Waals surface area (Å²) in [5.41, 5.74) is 5.97. The van der Waals surface area contributed by atoms with Gasteiger partial charge >= 0.3 is 0 Å². The van der Waals surface area contributed by atoms with E-state index in [0.29, 0.717) is 5.56 Å². The lowest BCUT2D eigenvalue weighted by Gasteiger charge is -2.10. The number of nitrogens with two attached hydrogens (primary N) is 1. The molecule has 1 atom stereocenters. The normalized spacial score (nSPS) is 11.1. The largest absolute Gasteiger partial charge is 0.504 e. The maximum Gasteiger partial charge on any atom is 0.162 e. The molecule has 1 aromatic carbocycles. The number of aromatic hydroxyl groups is 2. The van der Waals surface area contributed by atoms with Crippen LogP contribution in [0.15, 0.2) is 18.2 Å². The first kappa shape index (κ1) is 12.6. The van der Waals surface area contributed by atoms with Crippen LogP contribution in [-0.4, -0.2) is 10.2 Å². The van der Waals surface area contributed by atoms with Crippen molar-refractivity contribution in [2.75, 3.05) is 0 Å². The van der Waals surface area contributed by atoms with Gasteiger partial charge in [-0.05, 0) is 6.07 Å². The summed E-state index contributed by atoms with van der Waals surface area (Å²) in [5.74, 6) is -0.462. The topological polar surface area (TPSA) is 90.3 Å². The van der Waals surface area contributed by atoms with Crippen LogP contribution in [0.2, 0.25) is 0 Å². The van der Waals surface area contributed by atoms with Crippen molar-refractivity contribution in [3.8, 4) is 17.6 Å². The monoisotopic (exact) mass is 214 g/mol. The molecule has 0 saturated heterocycles. The molecule has 0 aliphatic heterocycles. The predicted octanol–water partition coefficient (Wildman–Crippen LogP) is 1.43. The maximum absolute atomic E-state index is 9.36. The van der Waals surface area contributed by atoms with Crippen molar-refractivity contribution in [2.24, 2.45) is 5.73 Å². The Balaban J connectivity index is 0.00000169. The van der Waals surface area contributed by atoms with Gasteiger partial charge in [0.15, 0.2) is 11.5 Å². The lowest BCUT2D eigenvalue weighted by molar-refractivity contribution is 0.396. The Morgan fingerprint density at radius 3 is 2.64 bits per heavy atom. The van der Waals surface area contributed by atoms with Crippen LogP contribution in [0.4, 0.5) is 0 Å². The number of phenolic OH excluding ortho intramolecular Hbond substituents is 2. The summed E-state index contributed by atoms with van der Waals surface area (Å²) in [7, 11) is 0. The zero-order chi connectivity index (χ0) is 9.84. The Bertz CT molecular complexity index is 349. The lowest BCUT2D eigenvalue weighted by atomic mass is 10.0. The van der Waals surface area contributed by atoms with Crippen LogP contribution in [0.25, 0.3) is 0 Å². The first-order valence-corrected chi connectivity index (χ1v) is 3.80. The fourth-order valence-corrected chi connectivity index (χ4v) is 1.06. The second-order valence-electron chi connectivity index (χ2n) is 2.68. The first-order valence-electron chi connectivity index (χ1n) is 3.80. The molecular weight excluding hydrogens is 204 g/mol. The molecular formula is C9H11ClN2O2. The zero-order valence-electron chi connectivity index (χ0n) is 7.34. The van der Waals surface area contributed by atoms with Gasteiger partial charge in [-0.25, -0.2) is 0 Å². The van der Waals surface area contributed by atoms with Gasteiger partial charge < -0.3 is 15.9 Å². The van der Waals surface area contributed by atoms with E-state index in [4.69, 9.17) is 16.1 Å². The molecule has 5 heteroatoms. The summed E-state index contributed by atoms with van der Waals surface area (Å²) in [6, 6.07) is 5.85. The molecule has 0 aliphatic rings. The number of nitriles is 1. The fraction of sp³-hybridized carbons (Fsp3) is 0.222. The molecule has 0 aliphatic carbocycles. The third-order valence-electron chi connectivity index (χ3n) is 1.76. The number of hydrogen-bond acceptors (Lipinski definition) is 4. The van der Waals surface area contributed by atoms with Crippen molar-refractivity contribution in [3.63, 3.8) is 0 Å². The molecule has 1 rings (SSSR count). The number of halogens is 1. The zero-order valence-corrected chi connectivity index (χ0v) is 8.16. The fourth-order valence-electron chi connectivity index (χ4n) is 1.06. The van der Waals surface area contributed by atoms with E-state index in [1.54, 1.807) is 12.1 Å². The third kappa shape index (κ3) is 2.52. The molecule has 0 heterocycles. The van der Waals surface area contributed by atoms with E-state index in [9.17, 15) is 5.11 Å². The van der Waals surface area contributed by atoms with Gasteiger partial charge in [0, 0.05) is 11.6 Å².